The van der Waals surface area contributed by atoms with E-state index in [0.717, 1.165) is 11.6 Å². The SMILES string of the molecule is Nc1c2c(cc(=O)n1-c1cccc(C3CNC(=O)C3)c1)C(=O)NC2=O. The molecule has 0 radical (unpaired) electrons. The molecule has 4 rings (SSSR count). The van der Waals surface area contributed by atoms with Crippen LogP contribution in [0.2, 0.25) is 0 Å². The highest BCUT2D eigenvalue weighted by molar-refractivity contribution is 6.23. The average molecular weight is 338 g/mol. The van der Waals surface area contributed by atoms with Crippen LogP contribution in [0, 0.1) is 0 Å². The number of aromatic nitrogens is 1. The first-order valence-corrected chi connectivity index (χ1v) is 7.74. The number of pyridine rings is 1. The summed E-state index contributed by atoms with van der Waals surface area (Å²) in [5, 5.41) is 4.91. The standard InChI is InChI=1S/C17H14N4O4/c18-15-14-11(16(24)20-17(14)25)6-13(23)21(15)10-3-1-2-8(4-10)9-5-12(22)19-7-9/h1-4,6,9H,5,7,18H2,(H,19,22)(H,20,24,25). The second-order valence-corrected chi connectivity index (χ2v) is 6.08. The second-order valence-electron chi connectivity index (χ2n) is 6.08. The van der Waals surface area contributed by atoms with E-state index in [9.17, 15) is 19.2 Å². The summed E-state index contributed by atoms with van der Waals surface area (Å²) in [7, 11) is 0. The van der Waals surface area contributed by atoms with Crippen LogP contribution in [0.25, 0.3) is 5.69 Å². The first kappa shape index (κ1) is 15.1. The number of anilines is 1. The van der Waals surface area contributed by atoms with Crippen LogP contribution in [0.1, 0.15) is 38.6 Å². The molecule has 4 N–H and O–H groups in total. The fourth-order valence-corrected chi connectivity index (χ4v) is 3.30. The van der Waals surface area contributed by atoms with Crippen molar-refractivity contribution in [3.8, 4) is 5.69 Å². The van der Waals surface area contributed by atoms with E-state index in [1.807, 2.05) is 6.07 Å². The van der Waals surface area contributed by atoms with Crippen LogP contribution >= 0.6 is 0 Å². The minimum atomic E-state index is -0.625. The molecule has 3 heterocycles. The maximum absolute atomic E-state index is 12.5. The van der Waals surface area contributed by atoms with Gasteiger partial charge in [-0.3, -0.25) is 29.1 Å². The Bertz CT molecular complexity index is 1010. The quantitative estimate of drug-likeness (QED) is 0.660. The van der Waals surface area contributed by atoms with Gasteiger partial charge in [0.05, 0.1) is 16.8 Å². The lowest BCUT2D eigenvalue weighted by molar-refractivity contribution is -0.119. The van der Waals surface area contributed by atoms with E-state index in [2.05, 4.69) is 10.6 Å². The monoisotopic (exact) mass is 338 g/mol. The van der Waals surface area contributed by atoms with Gasteiger partial charge in [-0.25, -0.2) is 0 Å². The van der Waals surface area contributed by atoms with E-state index in [0.29, 0.717) is 18.7 Å². The Morgan fingerprint density at radius 2 is 1.88 bits per heavy atom. The smallest absolute Gasteiger partial charge is 0.262 e. The van der Waals surface area contributed by atoms with E-state index in [-0.39, 0.29) is 28.8 Å². The number of hydrogen-bond acceptors (Lipinski definition) is 5. The van der Waals surface area contributed by atoms with Crippen LogP contribution in [0.15, 0.2) is 35.1 Å². The third-order valence-electron chi connectivity index (χ3n) is 4.53. The molecule has 1 aromatic carbocycles. The first-order valence-electron chi connectivity index (χ1n) is 7.74. The Hall–Kier alpha value is -3.42. The zero-order chi connectivity index (χ0) is 17.7. The van der Waals surface area contributed by atoms with Crippen LogP contribution in [-0.4, -0.2) is 28.8 Å². The van der Waals surface area contributed by atoms with Gasteiger partial charge in [0.15, 0.2) is 0 Å². The van der Waals surface area contributed by atoms with Crippen molar-refractivity contribution < 1.29 is 14.4 Å². The molecule has 25 heavy (non-hydrogen) atoms. The van der Waals surface area contributed by atoms with Gasteiger partial charge in [-0.05, 0) is 17.7 Å². The number of amides is 3. The lowest BCUT2D eigenvalue weighted by atomic mass is 9.97. The number of benzene rings is 1. The lowest BCUT2D eigenvalue weighted by Crippen LogP contribution is -2.24. The van der Waals surface area contributed by atoms with E-state index in [1.165, 1.54) is 4.57 Å². The Balaban J connectivity index is 1.85. The molecule has 0 bridgehead atoms. The molecule has 2 aliphatic rings. The van der Waals surface area contributed by atoms with Gasteiger partial charge < -0.3 is 11.1 Å². The van der Waals surface area contributed by atoms with Crippen LogP contribution in [0.5, 0.6) is 0 Å². The van der Waals surface area contributed by atoms with Crippen LogP contribution in [-0.2, 0) is 4.79 Å². The molecular formula is C17H14N4O4. The highest BCUT2D eigenvalue weighted by atomic mass is 16.2. The number of nitrogen functional groups attached to an aromatic ring is 1. The van der Waals surface area contributed by atoms with Crippen LogP contribution in [0.4, 0.5) is 5.82 Å². The van der Waals surface area contributed by atoms with Gasteiger partial charge in [0, 0.05) is 24.9 Å². The third-order valence-corrected chi connectivity index (χ3v) is 4.53. The summed E-state index contributed by atoms with van der Waals surface area (Å²) in [6.07, 6.45) is 0.384. The normalized spacial score (nSPS) is 18.9. The van der Waals surface area contributed by atoms with E-state index in [1.54, 1.807) is 18.2 Å². The second kappa shape index (κ2) is 5.30. The van der Waals surface area contributed by atoms with Crippen molar-refractivity contribution in [2.24, 2.45) is 0 Å². The van der Waals surface area contributed by atoms with Crippen molar-refractivity contribution in [3.63, 3.8) is 0 Å². The maximum Gasteiger partial charge on any atom is 0.262 e. The van der Waals surface area contributed by atoms with Gasteiger partial charge in [-0.15, -0.1) is 0 Å². The fraction of sp³-hybridized carbons (Fsp3) is 0.176. The minimum absolute atomic E-state index is 0.00714. The molecule has 1 atom stereocenters. The summed E-state index contributed by atoms with van der Waals surface area (Å²) >= 11 is 0. The average Bonchev–Trinajstić information content (AvgIpc) is 3.12. The van der Waals surface area contributed by atoms with Crippen LogP contribution in [0.3, 0.4) is 0 Å². The number of carbonyl (C=O) groups excluding carboxylic acids is 3. The number of hydrogen-bond donors (Lipinski definition) is 3. The number of nitrogens with zero attached hydrogens (tertiary/aromatic N) is 1. The van der Waals surface area contributed by atoms with E-state index >= 15 is 0 Å². The number of carbonyl (C=O) groups is 3. The Kier molecular flexibility index (Phi) is 3.21. The molecule has 3 amide bonds. The molecule has 0 spiro atoms. The van der Waals surface area contributed by atoms with Crippen molar-refractivity contribution in [2.45, 2.75) is 12.3 Å². The molecule has 8 nitrogen and oxygen atoms in total. The van der Waals surface area contributed by atoms with Gasteiger partial charge in [-0.2, -0.15) is 0 Å². The highest BCUT2D eigenvalue weighted by Crippen LogP contribution is 2.27. The Labute approximate surface area is 141 Å². The van der Waals surface area contributed by atoms with Crippen molar-refractivity contribution in [2.75, 3.05) is 12.3 Å². The number of nitrogens with two attached hydrogens (primary N) is 1. The first-order chi connectivity index (χ1) is 12.0. The third kappa shape index (κ3) is 2.30. The van der Waals surface area contributed by atoms with E-state index < -0.39 is 17.4 Å². The largest absolute Gasteiger partial charge is 0.384 e. The molecule has 2 aliphatic heterocycles. The van der Waals surface area contributed by atoms with Gasteiger partial charge in [-0.1, -0.05) is 12.1 Å². The molecular weight excluding hydrogens is 324 g/mol. The van der Waals surface area contributed by atoms with Gasteiger partial charge in [0.25, 0.3) is 17.4 Å². The molecule has 2 aromatic rings. The van der Waals surface area contributed by atoms with Gasteiger partial charge in [0.2, 0.25) is 5.91 Å². The predicted molar refractivity (Wildman–Crippen MR) is 88.6 cm³/mol. The molecule has 1 fully saturated rings. The zero-order valence-electron chi connectivity index (χ0n) is 13.0. The van der Waals surface area contributed by atoms with Crippen molar-refractivity contribution in [1.29, 1.82) is 0 Å². The highest BCUT2D eigenvalue weighted by Gasteiger charge is 2.32. The molecule has 126 valence electrons. The molecule has 1 unspecified atom stereocenters. The lowest BCUT2D eigenvalue weighted by Gasteiger charge is -2.14. The maximum atomic E-state index is 12.5. The zero-order valence-corrected chi connectivity index (χ0v) is 13.0. The van der Waals surface area contributed by atoms with Gasteiger partial charge >= 0.3 is 0 Å². The summed E-state index contributed by atoms with van der Waals surface area (Å²) in [6.45, 7) is 0.535. The summed E-state index contributed by atoms with van der Waals surface area (Å²) in [4.78, 5) is 47.5. The number of fused-ring (bicyclic) bond motifs is 1. The summed E-state index contributed by atoms with van der Waals surface area (Å²) < 4.78 is 1.20. The summed E-state index contributed by atoms with van der Waals surface area (Å²) in [5.41, 5.74) is 6.90. The Morgan fingerprint density at radius 3 is 2.60 bits per heavy atom. The van der Waals surface area contributed by atoms with Crippen molar-refractivity contribution in [1.82, 2.24) is 15.2 Å². The molecule has 8 heteroatoms. The van der Waals surface area contributed by atoms with Crippen molar-refractivity contribution >= 4 is 23.5 Å². The fourth-order valence-electron chi connectivity index (χ4n) is 3.30. The number of nitrogens with one attached hydrogen (secondary N) is 2. The molecule has 0 aliphatic carbocycles. The molecule has 0 saturated carbocycles. The number of rotatable bonds is 2. The number of imide groups is 1. The predicted octanol–water partition coefficient (Wildman–Crippen LogP) is -0.0932. The topological polar surface area (TPSA) is 123 Å². The summed E-state index contributed by atoms with van der Waals surface area (Å²) in [5.74, 6) is -1.32. The summed E-state index contributed by atoms with van der Waals surface area (Å²) in [6, 6.07) is 8.20. The van der Waals surface area contributed by atoms with Crippen molar-refractivity contribution in [3.05, 3.63) is 57.4 Å². The minimum Gasteiger partial charge on any atom is -0.384 e. The van der Waals surface area contributed by atoms with E-state index in [4.69, 9.17) is 5.73 Å². The van der Waals surface area contributed by atoms with Gasteiger partial charge in [0.1, 0.15) is 5.82 Å². The molecule has 1 aromatic heterocycles. The Morgan fingerprint density at radius 1 is 1.08 bits per heavy atom. The van der Waals surface area contributed by atoms with Crippen LogP contribution < -0.4 is 21.9 Å². The molecule has 1 saturated heterocycles.